The molecule has 1 unspecified atom stereocenters. The van der Waals surface area contributed by atoms with Crippen LogP contribution >= 0.6 is 11.6 Å². The van der Waals surface area contributed by atoms with E-state index in [2.05, 4.69) is 0 Å². The van der Waals surface area contributed by atoms with E-state index < -0.39 is 18.8 Å². The van der Waals surface area contributed by atoms with Crippen molar-refractivity contribution in [2.75, 3.05) is 0 Å². The van der Waals surface area contributed by atoms with E-state index in [1.807, 2.05) is 0 Å². The van der Waals surface area contributed by atoms with E-state index in [-0.39, 0.29) is 10.5 Å². The summed E-state index contributed by atoms with van der Waals surface area (Å²) in [5, 5.41) is 16.0. The fourth-order valence-electron chi connectivity index (χ4n) is 0.939. The van der Waals surface area contributed by atoms with Gasteiger partial charge in [0.15, 0.2) is 6.10 Å². The van der Waals surface area contributed by atoms with Crippen molar-refractivity contribution < 1.29 is 18.3 Å². The molecule has 1 aromatic rings. The Balaban J connectivity index is 2.86. The lowest BCUT2D eigenvalue weighted by Gasteiger charge is -2.17. The van der Waals surface area contributed by atoms with Gasteiger partial charge in [0.25, 0.3) is 0 Å². The Morgan fingerprint density at radius 3 is 2.60 bits per heavy atom. The van der Waals surface area contributed by atoms with Crippen LogP contribution in [0.25, 0.3) is 0 Å². The van der Waals surface area contributed by atoms with Crippen LogP contribution in [0.3, 0.4) is 0 Å². The van der Waals surface area contributed by atoms with Crippen molar-refractivity contribution in [1.82, 2.24) is 4.57 Å². The van der Waals surface area contributed by atoms with Gasteiger partial charge in [0.05, 0.1) is 11.9 Å². The summed E-state index contributed by atoms with van der Waals surface area (Å²) in [4.78, 5) is 0. The number of pyridine rings is 1. The highest BCUT2D eigenvalue weighted by atomic mass is 35.5. The first kappa shape index (κ1) is 12.1. The van der Waals surface area contributed by atoms with Gasteiger partial charge < -0.3 is 15.1 Å². The number of alkyl halides is 3. The van der Waals surface area contributed by atoms with Crippen molar-refractivity contribution >= 4 is 11.6 Å². The quantitative estimate of drug-likeness (QED) is 0.757. The van der Waals surface area contributed by atoms with Crippen LogP contribution < -0.4 is 5.36 Å². The van der Waals surface area contributed by atoms with Crippen LogP contribution in [0.5, 0.6) is 0 Å². The zero-order valence-corrected chi connectivity index (χ0v) is 8.18. The van der Waals surface area contributed by atoms with Crippen molar-refractivity contribution in [3.8, 4) is 0 Å². The molecule has 0 bridgehead atoms. The van der Waals surface area contributed by atoms with Crippen LogP contribution in [-0.4, -0.2) is 22.0 Å². The van der Waals surface area contributed by atoms with Gasteiger partial charge in [-0.05, 0) is 12.1 Å². The van der Waals surface area contributed by atoms with Crippen molar-refractivity contribution in [2.24, 2.45) is 0 Å². The first-order valence-electron chi connectivity index (χ1n) is 3.96. The van der Waals surface area contributed by atoms with E-state index >= 15 is 0 Å². The van der Waals surface area contributed by atoms with E-state index in [4.69, 9.17) is 22.1 Å². The molecule has 1 heterocycles. The fourth-order valence-corrected chi connectivity index (χ4v) is 1.18. The summed E-state index contributed by atoms with van der Waals surface area (Å²) in [6.45, 7) is -0.678. The lowest BCUT2D eigenvalue weighted by atomic mass is 10.3. The molecule has 1 rings (SSSR count). The summed E-state index contributed by atoms with van der Waals surface area (Å²) < 4.78 is 37.0. The van der Waals surface area contributed by atoms with Crippen LogP contribution in [0, 0.1) is 5.41 Å². The Hall–Kier alpha value is -1.01. The van der Waals surface area contributed by atoms with Crippen LogP contribution in [0.15, 0.2) is 18.3 Å². The van der Waals surface area contributed by atoms with Gasteiger partial charge in [-0.15, -0.1) is 0 Å². The largest absolute Gasteiger partial charge is 0.416 e. The molecule has 0 spiro atoms. The standard InChI is InChI=1S/C8H8ClF3N2O/c9-7-3-5(13)1-2-14(7)4-6(15)8(10,11)12/h1-3,6,13,15H,4H2. The van der Waals surface area contributed by atoms with Crippen molar-refractivity contribution in [3.63, 3.8) is 0 Å². The zero-order chi connectivity index (χ0) is 11.6. The maximum atomic E-state index is 12.0. The van der Waals surface area contributed by atoms with E-state index in [9.17, 15) is 13.2 Å². The molecule has 0 fully saturated rings. The van der Waals surface area contributed by atoms with Crippen molar-refractivity contribution in [1.29, 1.82) is 5.41 Å². The Bertz CT molecular complexity index is 402. The molecule has 84 valence electrons. The summed E-state index contributed by atoms with van der Waals surface area (Å²) in [7, 11) is 0. The minimum Gasteiger partial charge on any atom is -0.382 e. The second-order valence-corrected chi connectivity index (χ2v) is 3.34. The number of halogens is 4. The molecule has 0 aromatic carbocycles. The molecule has 15 heavy (non-hydrogen) atoms. The maximum Gasteiger partial charge on any atom is 0.416 e. The number of aromatic nitrogens is 1. The fraction of sp³-hybridized carbons (Fsp3) is 0.375. The molecule has 1 aromatic heterocycles. The van der Waals surface area contributed by atoms with Gasteiger partial charge >= 0.3 is 6.18 Å². The number of hydrogen-bond acceptors (Lipinski definition) is 2. The second-order valence-electron chi connectivity index (χ2n) is 2.95. The van der Waals surface area contributed by atoms with Crippen LogP contribution in [0.1, 0.15) is 0 Å². The Morgan fingerprint density at radius 1 is 1.53 bits per heavy atom. The smallest absolute Gasteiger partial charge is 0.382 e. The first-order chi connectivity index (χ1) is 6.80. The SMILES string of the molecule is N=c1ccn(CC(O)C(F)(F)F)c(Cl)c1. The average molecular weight is 241 g/mol. The van der Waals surface area contributed by atoms with Gasteiger partial charge in [-0.3, -0.25) is 0 Å². The highest BCUT2D eigenvalue weighted by Crippen LogP contribution is 2.22. The van der Waals surface area contributed by atoms with Gasteiger partial charge in [-0.25, -0.2) is 0 Å². The molecule has 0 aliphatic rings. The van der Waals surface area contributed by atoms with E-state index in [1.54, 1.807) is 0 Å². The first-order valence-corrected chi connectivity index (χ1v) is 4.34. The van der Waals surface area contributed by atoms with E-state index in [0.717, 1.165) is 4.57 Å². The molecule has 0 aliphatic heterocycles. The average Bonchev–Trinajstić information content (AvgIpc) is 2.08. The number of aliphatic hydroxyl groups excluding tert-OH is 1. The lowest BCUT2D eigenvalue weighted by Crippen LogP contribution is -2.33. The van der Waals surface area contributed by atoms with Gasteiger partial charge in [0.1, 0.15) is 5.15 Å². The summed E-state index contributed by atoms with van der Waals surface area (Å²) in [6.07, 6.45) is -5.91. The Kier molecular flexibility index (Phi) is 3.41. The van der Waals surface area contributed by atoms with Gasteiger partial charge in [0.2, 0.25) is 0 Å². The second kappa shape index (κ2) is 4.24. The Morgan fingerprint density at radius 2 is 2.13 bits per heavy atom. The summed E-state index contributed by atoms with van der Waals surface area (Å²) >= 11 is 5.59. The van der Waals surface area contributed by atoms with Crippen LogP contribution in [0.2, 0.25) is 5.15 Å². The molecule has 1 atom stereocenters. The van der Waals surface area contributed by atoms with Gasteiger partial charge in [-0.2, -0.15) is 13.2 Å². The molecular formula is C8H8ClF3N2O. The molecule has 0 saturated heterocycles. The molecule has 3 nitrogen and oxygen atoms in total. The van der Waals surface area contributed by atoms with Crippen LogP contribution in [0.4, 0.5) is 13.2 Å². The third-order valence-electron chi connectivity index (χ3n) is 1.73. The third kappa shape index (κ3) is 3.24. The van der Waals surface area contributed by atoms with E-state index in [0.29, 0.717) is 0 Å². The predicted octanol–water partition coefficient (Wildman–Crippen LogP) is 1.54. The Labute approximate surface area is 88.2 Å². The topological polar surface area (TPSA) is 49.0 Å². The van der Waals surface area contributed by atoms with Crippen molar-refractivity contribution in [3.05, 3.63) is 28.8 Å². The van der Waals surface area contributed by atoms with Crippen molar-refractivity contribution in [2.45, 2.75) is 18.8 Å². The predicted molar refractivity (Wildman–Crippen MR) is 47.4 cm³/mol. The molecule has 0 saturated carbocycles. The minimum absolute atomic E-state index is 0.0224. The summed E-state index contributed by atoms with van der Waals surface area (Å²) in [5.74, 6) is 0. The summed E-state index contributed by atoms with van der Waals surface area (Å²) in [6, 6.07) is 2.49. The number of hydrogen-bond donors (Lipinski definition) is 2. The van der Waals surface area contributed by atoms with Crippen LogP contribution in [-0.2, 0) is 6.54 Å². The number of aliphatic hydroxyl groups is 1. The highest BCUT2D eigenvalue weighted by molar-refractivity contribution is 6.29. The molecule has 0 amide bonds. The molecule has 0 aliphatic carbocycles. The zero-order valence-electron chi connectivity index (χ0n) is 7.42. The molecular weight excluding hydrogens is 233 g/mol. The molecule has 0 radical (unpaired) electrons. The number of nitrogens with one attached hydrogen (secondary N) is 1. The molecule has 7 heteroatoms. The number of rotatable bonds is 2. The number of nitrogens with zero attached hydrogens (tertiary/aromatic N) is 1. The normalized spacial score (nSPS) is 13.9. The van der Waals surface area contributed by atoms with Gasteiger partial charge in [0, 0.05) is 6.20 Å². The third-order valence-corrected chi connectivity index (χ3v) is 2.06. The molecule has 2 N–H and O–H groups in total. The highest BCUT2D eigenvalue weighted by Gasteiger charge is 2.38. The summed E-state index contributed by atoms with van der Waals surface area (Å²) in [5.41, 5.74) is 0. The monoisotopic (exact) mass is 240 g/mol. The lowest BCUT2D eigenvalue weighted by molar-refractivity contribution is -0.207. The maximum absolute atomic E-state index is 12.0. The minimum atomic E-state index is -4.67. The van der Waals surface area contributed by atoms with E-state index in [1.165, 1.54) is 18.3 Å². The van der Waals surface area contributed by atoms with Gasteiger partial charge in [-0.1, -0.05) is 11.6 Å².